The fraction of sp³-hybridized carbons (Fsp3) is 0.250. The van der Waals surface area contributed by atoms with Gasteiger partial charge in [0.05, 0.1) is 6.61 Å². The van der Waals surface area contributed by atoms with Gasteiger partial charge in [-0.3, -0.25) is 0 Å². The maximum atomic E-state index is 10.3. The van der Waals surface area contributed by atoms with Crippen molar-refractivity contribution in [2.75, 3.05) is 13.2 Å². The molecular weight excluding hydrogens is 142 g/mol. The molecule has 0 aromatic heterocycles. The molecule has 0 amide bonds. The van der Waals surface area contributed by atoms with E-state index in [1.165, 1.54) is 12.1 Å². The highest BCUT2D eigenvalue weighted by Gasteiger charge is 1.64. The molecule has 0 saturated heterocycles. The van der Waals surface area contributed by atoms with Crippen LogP contribution in [0.25, 0.3) is 0 Å². The number of benzene rings is 1. The van der Waals surface area contributed by atoms with Crippen molar-refractivity contribution in [3.8, 4) is 5.75 Å². The van der Waals surface area contributed by atoms with Gasteiger partial charge < -0.3 is 15.9 Å². The number of nitrogens with two attached hydrogens (primary N) is 1. The smallest absolute Gasteiger partial charge is 0.0553 e. The van der Waals surface area contributed by atoms with Crippen LogP contribution in [-0.2, 0) is 0 Å². The van der Waals surface area contributed by atoms with E-state index in [2.05, 4.69) is 0 Å². The summed E-state index contributed by atoms with van der Waals surface area (Å²) in [7, 11) is 0. The van der Waals surface area contributed by atoms with Crippen LogP contribution in [0.4, 0.5) is 0 Å². The Kier molecular flexibility index (Phi) is 6.37. The lowest BCUT2D eigenvalue weighted by atomic mass is 10.3. The van der Waals surface area contributed by atoms with Crippen molar-refractivity contribution in [2.24, 2.45) is 5.73 Å². The topological polar surface area (TPSA) is 69.3 Å². The molecule has 3 nitrogen and oxygen atoms in total. The molecule has 0 fully saturated rings. The van der Waals surface area contributed by atoms with Crippen LogP contribution in [0.15, 0.2) is 30.3 Å². The zero-order chi connectivity index (χ0) is 8.53. The fourth-order valence-corrected chi connectivity index (χ4v) is 0.420. The first-order valence-corrected chi connectivity index (χ1v) is 3.34. The quantitative estimate of drug-likeness (QED) is 0.583. The number of aliphatic hydroxyl groups is 1. The molecule has 1 rings (SSSR count). The zero-order valence-electron chi connectivity index (χ0n) is 6.23. The fourth-order valence-electron chi connectivity index (χ4n) is 0.420. The van der Waals surface area contributed by atoms with Gasteiger partial charge in [-0.25, -0.2) is 0 Å². The molecule has 0 atom stereocenters. The Bertz CT molecular complexity index is 163. The van der Waals surface area contributed by atoms with Crippen molar-refractivity contribution in [3.63, 3.8) is 0 Å². The first-order chi connectivity index (χ1) is 5.31. The van der Waals surface area contributed by atoms with Gasteiger partial charge in [-0.15, -0.1) is 5.75 Å². The average molecular weight is 154 g/mol. The van der Waals surface area contributed by atoms with Gasteiger partial charge in [0.15, 0.2) is 0 Å². The van der Waals surface area contributed by atoms with E-state index in [4.69, 9.17) is 10.8 Å². The molecule has 0 radical (unpaired) electrons. The van der Waals surface area contributed by atoms with Crippen molar-refractivity contribution in [1.82, 2.24) is 0 Å². The summed E-state index contributed by atoms with van der Waals surface area (Å²) in [5, 5.41) is 18.0. The first kappa shape index (κ1) is 9.94. The highest BCUT2D eigenvalue weighted by molar-refractivity contribution is 5.17. The van der Waals surface area contributed by atoms with Gasteiger partial charge >= 0.3 is 0 Å². The Morgan fingerprint density at radius 1 is 1.27 bits per heavy atom. The van der Waals surface area contributed by atoms with E-state index in [1.54, 1.807) is 12.1 Å². The maximum absolute atomic E-state index is 10.3. The van der Waals surface area contributed by atoms with E-state index in [9.17, 15) is 5.11 Å². The van der Waals surface area contributed by atoms with E-state index in [0.29, 0.717) is 6.54 Å². The Balaban J connectivity index is 0.000000218. The largest absolute Gasteiger partial charge is 0.872 e. The van der Waals surface area contributed by atoms with Crippen LogP contribution in [0.1, 0.15) is 0 Å². The molecule has 0 spiro atoms. The minimum atomic E-state index is 0.0718. The molecule has 0 saturated carbocycles. The summed E-state index contributed by atoms with van der Waals surface area (Å²) in [6.07, 6.45) is 0. The van der Waals surface area contributed by atoms with Crippen LogP contribution < -0.4 is 10.8 Å². The third-order valence-electron chi connectivity index (χ3n) is 0.872. The third kappa shape index (κ3) is 6.83. The molecule has 0 aliphatic heterocycles. The van der Waals surface area contributed by atoms with Crippen LogP contribution in [0.5, 0.6) is 5.75 Å². The molecule has 1 aromatic carbocycles. The lowest BCUT2D eigenvalue weighted by Gasteiger charge is -1.98. The van der Waals surface area contributed by atoms with Crippen molar-refractivity contribution >= 4 is 0 Å². The molecule has 3 N–H and O–H groups in total. The predicted octanol–water partition coefficient (Wildman–Crippen LogP) is -0.302. The number of para-hydroxylation sites is 1. The summed E-state index contributed by atoms with van der Waals surface area (Å²) < 4.78 is 0. The number of rotatable bonds is 1. The van der Waals surface area contributed by atoms with Crippen LogP contribution in [-0.4, -0.2) is 18.3 Å². The van der Waals surface area contributed by atoms with Crippen molar-refractivity contribution in [3.05, 3.63) is 30.3 Å². The zero-order valence-corrected chi connectivity index (χ0v) is 6.23. The normalized spacial score (nSPS) is 8.18. The van der Waals surface area contributed by atoms with Gasteiger partial charge in [0, 0.05) is 6.54 Å². The van der Waals surface area contributed by atoms with E-state index in [0.717, 1.165) is 0 Å². The average Bonchev–Trinajstić information content (AvgIpc) is 2.07. The van der Waals surface area contributed by atoms with Crippen LogP contribution in [0.3, 0.4) is 0 Å². The summed E-state index contributed by atoms with van der Waals surface area (Å²) in [5.74, 6) is 0.0718. The molecule has 11 heavy (non-hydrogen) atoms. The molecule has 0 bridgehead atoms. The van der Waals surface area contributed by atoms with Gasteiger partial charge in [0.25, 0.3) is 0 Å². The summed E-state index contributed by atoms with van der Waals surface area (Å²) >= 11 is 0. The highest BCUT2D eigenvalue weighted by atomic mass is 16.3. The molecule has 0 aliphatic rings. The van der Waals surface area contributed by atoms with Gasteiger partial charge in [-0.1, -0.05) is 30.3 Å². The summed E-state index contributed by atoms with van der Waals surface area (Å²) in [4.78, 5) is 0. The van der Waals surface area contributed by atoms with E-state index >= 15 is 0 Å². The Morgan fingerprint density at radius 3 is 1.91 bits per heavy atom. The molecule has 0 aliphatic carbocycles. The van der Waals surface area contributed by atoms with Gasteiger partial charge in [-0.2, -0.15) is 0 Å². The molecular formula is C8H12NO2-. The standard InChI is InChI=1S/C6H6O.C2H7NO/c7-6-4-2-1-3-5-6;3-1-2-4/h1-5,7H;4H,1-3H2/p-1. The first-order valence-electron chi connectivity index (χ1n) is 3.34. The van der Waals surface area contributed by atoms with Gasteiger partial charge in [-0.05, 0) is 0 Å². The molecule has 0 unspecified atom stereocenters. The molecule has 62 valence electrons. The number of hydrogen-bond donors (Lipinski definition) is 2. The predicted molar refractivity (Wildman–Crippen MR) is 42.0 cm³/mol. The Labute approximate surface area is 66.1 Å². The second-order valence-corrected chi connectivity index (χ2v) is 1.83. The molecule has 1 aromatic rings. The summed E-state index contributed by atoms with van der Waals surface area (Å²) in [5.41, 5.74) is 4.78. The second kappa shape index (κ2) is 7.05. The lowest BCUT2D eigenvalue weighted by Crippen LogP contribution is -2.02. The van der Waals surface area contributed by atoms with Crippen LogP contribution in [0, 0.1) is 0 Å². The van der Waals surface area contributed by atoms with Crippen LogP contribution >= 0.6 is 0 Å². The monoisotopic (exact) mass is 154 g/mol. The van der Waals surface area contributed by atoms with Crippen molar-refractivity contribution < 1.29 is 10.2 Å². The number of aliphatic hydroxyl groups excluding tert-OH is 1. The lowest BCUT2D eigenvalue weighted by molar-refractivity contribution is -0.268. The van der Waals surface area contributed by atoms with E-state index in [-0.39, 0.29) is 12.4 Å². The van der Waals surface area contributed by atoms with Crippen LogP contribution in [0.2, 0.25) is 0 Å². The minimum Gasteiger partial charge on any atom is -0.872 e. The van der Waals surface area contributed by atoms with Gasteiger partial charge in [0.1, 0.15) is 0 Å². The molecule has 3 heteroatoms. The van der Waals surface area contributed by atoms with E-state index < -0.39 is 0 Å². The van der Waals surface area contributed by atoms with E-state index in [1.807, 2.05) is 6.07 Å². The Morgan fingerprint density at radius 2 is 1.73 bits per heavy atom. The number of hydrogen-bond acceptors (Lipinski definition) is 3. The van der Waals surface area contributed by atoms with Crippen molar-refractivity contribution in [1.29, 1.82) is 0 Å². The summed E-state index contributed by atoms with van der Waals surface area (Å²) in [6, 6.07) is 8.33. The highest BCUT2D eigenvalue weighted by Crippen LogP contribution is 1.98. The molecule has 0 heterocycles. The van der Waals surface area contributed by atoms with Gasteiger partial charge in [0.2, 0.25) is 0 Å². The second-order valence-electron chi connectivity index (χ2n) is 1.83. The minimum absolute atomic E-state index is 0.0718. The summed E-state index contributed by atoms with van der Waals surface area (Å²) in [6.45, 7) is 0.472. The van der Waals surface area contributed by atoms with Crippen molar-refractivity contribution in [2.45, 2.75) is 0 Å². The maximum Gasteiger partial charge on any atom is 0.0553 e. The third-order valence-corrected chi connectivity index (χ3v) is 0.872. The Hall–Kier alpha value is -1.06. The SMILES string of the molecule is NCCO.[O-]c1ccccc1.